The molecule has 2 rings (SSSR count). The number of nitrogens with zero attached hydrogens (tertiary/aromatic N) is 3. The quantitative estimate of drug-likeness (QED) is 0.363. The van der Waals surface area contributed by atoms with Crippen molar-refractivity contribution in [2.75, 3.05) is 13.6 Å². The normalized spacial score (nSPS) is 13.0. The Balaban J connectivity index is 0.00000364. The Morgan fingerprint density at radius 2 is 2.04 bits per heavy atom. The van der Waals surface area contributed by atoms with E-state index in [1.807, 2.05) is 20.2 Å². The molecule has 0 aliphatic heterocycles. The first-order chi connectivity index (χ1) is 12.3. The first-order valence-electron chi connectivity index (χ1n) is 8.39. The highest BCUT2D eigenvalue weighted by molar-refractivity contribution is 14.0. The summed E-state index contributed by atoms with van der Waals surface area (Å²) in [5.41, 5.74) is 1.11. The zero-order valence-electron chi connectivity index (χ0n) is 15.5. The zero-order valence-corrected chi connectivity index (χ0v) is 17.9. The highest BCUT2D eigenvalue weighted by Crippen LogP contribution is 2.31. The molecule has 0 amide bonds. The summed E-state index contributed by atoms with van der Waals surface area (Å²) in [6.45, 7) is 3.11. The first kappa shape index (κ1) is 23.3. The molecule has 2 aromatic rings. The third kappa shape index (κ3) is 7.39. The number of guanidine groups is 1. The van der Waals surface area contributed by atoms with Crippen LogP contribution >= 0.6 is 24.0 Å². The van der Waals surface area contributed by atoms with Crippen molar-refractivity contribution in [2.45, 2.75) is 32.0 Å². The highest BCUT2D eigenvalue weighted by atomic mass is 127. The minimum atomic E-state index is -4.31. The number of hydrogen-bond acceptors (Lipinski definition) is 2. The van der Waals surface area contributed by atoms with Gasteiger partial charge in [-0.1, -0.05) is 25.1 Å². The van der Waals surface area contributed by atoms with Gasteiger partial charge in [-0.25, -0.2) is 0 Å². The Kier molecular flexibility index (Phi) is 9.07. The molecule has 27 heavy (non-hydrogen) atoms. The summed E-state index contributed by atoms with van der Waals surface area (Å²) in [7, 11) is 3.53. The van der Waals surface area contributed by atoms with Crippen molar-refractivity contribution in [2.24, 2.45) is 12.0 Å². The Morgan fingerprint density at radius 1 is 1.30 bits per heavy atom. The topological polar surface area (TPSA) is 54.2 Å². The molecule has 0 saturated heterocycles. The van der Waals surface area contributed by atoms with Crippen molar-refractivity contribution in [3.05, 3.63) is 53.3 Å². The Labute approximate surface area is 174 Å². The van der Waals surface area contributed by atoms with Crippen LogP contribution in [0.4, 0.5) is 13.2 Å². The van der Waals surface area contributed by atoms with Crippen LogP contribution in [0.2, 0.25) is 0 Å². The van der Waals surface area contributed by atoms with E-state index < -0.39 is 11.7 Å². The molecular weight excluding hydrogens is 470 g/mol. The van der Waals surface area contributed by atoms with E-state index in [0.717, 1.165) is 11.6 Å². The van der Waals surface area contributed by atoms with Gasteiger partial charge in [0.05, 0.1) is 11.8 Å². The summed E-state index contributed by atoms with van der Waals surface area (Å²) >= 11 is 0. The van der Waals surface area contributed by atoms with Gasteiger partial charge in [0.1, 0.15) is 0 Å². The number of benzene rings is 1. The molecule has 0 radical (unpaired) electrons. The van der Waals surface area contributed by atoms with Crippen LogP contribution in [0.5, 0.6) is 0 Å². The monoisotopic (exact) mass is 495 g/mol. The lowest BCUT2D eigenvalue weighted by Crippen LogP contribution is -2.37. The van der Waals surface area contributed by atoms with Crippen molar-refractivity contribution in [1.29, 1.82) is 0 Å². The molecule has 5 nitrogen and oxygen atoms in total. The van der Waals surface area contributed by atoms with Gasteiger partial charge < -0.3 is 10.6 Å². The average molecular weight is 495 g/mol. The van der Waals surface area contributed by atoms with Gasteiger partial charge >= 0.3 is 6.18 Å². The maximum absolute atomic E-state index is 12.8. The predicted octanol–water partition coefficient (Wildman–Crippen LogP) is 3.92. The Morgan fingerprint density at radius 3 is 2.63 bits per heavy atom. The standard InChI is InChI=1S/C18H24F3N5.HI/c1-13(15-5-4-6-16(9-15)18(19,20)21)7-8-23-17(22-2)24-10-14-11-25-26(3)12-14;/h4-6,9,11-13H,7-8,10H2,1-3H3,(H2,22,23,24);1H. The van der Waals surface area contributed by atoms with Gasteiger partial charge in [0.15, 0.2) is 5.96 Å². The van der Waals surface area contributed by atoms with Gasteiger partial charge in [-0.15, -0.1) is 24.0 Å². The van der Waals surface area contributed by atoms with E-state index in [2.05, 4.69) is 20.7 Å². The number of halogens is 4. The molecule has 1 aromatic carbocycles. The SMILES string of the molecule is CN=C(NCCC(C)c1cccc(C(F)(F)F)c1)NCc1cnn(C)c1.I. The smallest absolute Gasteiger partial charge is 0.356 e. The summed E-state index contributed by atoms with van der Waals surface area (Å²) in [6, 6.07) is 5.50. The third-order valence-electron chi connectivity index (χ3n) is 4.09. The van der Waals surface area contributed by atoms with Crippen molar-refractivity contribution in [1.82, 2.24) is 20.4 Å². The molecular formula is C18H25F3IN5. The summed E-state index contributed by atoms with van der Waals surface area (Å²) in [5.74, 6) is 0.645. The molecule has 1 heterocycles. The van der Waals surface area contributed by atoms with Crippen LogP contribution in [-0.2, 0) is 19.8 Å². The molecule has 0 fully saturated rings. The molecule has 0 spiro atoms. The number of aromatic nitrogens is 2. The first-order valence-corrected chi connectivity index (χ1v) is 8.39. The van der Waals surface area contributed by atoms with Crippen LogP contribution in [0.15, 0.2) is 41.7 Å². The number of aryl methyl sites for hydroxylation is 1. The number of alkyl halides is 3. The van der Waals surface area contributed by atoms with Crippen LogP contribution in [0.3, 0.4) is 0 Å². The second-order valence-corrected chi connectivity index (χ2v) is 6.19. The molecule has 0 aliphatic rings. The van der Waals surface area contributed by atoms with Crippen molar-refractivity contribution >= 4 is 29.9 Å². The van der Waals surface area contributed by atoms with E-state index in [-0.39, 0.29) is 29.9 Å². The van der Waals surface area contributed by atoms with E-state index in [1.165, 1.54) is 12.1 Å². The van der Waals surface area contributed by atoms with Crippen LogP contribution in [0.1, 0.15) is 36.0 Å². The largest absolute Gasteiger partial charge is 0.416 e. The minimum Gasteiger partial charge on any atom is -0.356 e. The van der Waals surface area contributed by atoms with Crippen LogP contribution in [0, 0.1) is 0 Å². The second kappa shape index (κ2) is 10.5. The second-order valence-electron chi connectivity index (χ2n) is 6.19. The van der Waals surface area contributed by atoms with Crippen molar-refractivity contribution in [3.8, 4) is 0 Å². The van der Waals surface area contributed by atoms with Gasteiger partial charge in [0.25, 0.3) is 0 Å². The van der Waals surface area contributed by atoms with Crippen molar-refractivity contribution < 1.29 is 13.2 Å². The fourth-order valence-electron chi connectivity index (χ4n) is 2.56. The van der Waals surface area contributed by atoms with Gasteiger partial charge in [-0.2, -0.15) is 18.3 Å². The summed E-state index contributed by atoms with van der Waals surface area (Å²) < 4.78 is 40.2. The molecule has 0 aliphatic carbocycles. The molecule has 1 unspecified atom stereocenters. The fraction of sp³-hybridized carbons (Fsp3) is 0.444. The average Bonchev–Trinajstić information content (AvgIpc) is 3.02. The summed E-state index contributed by atoms with van der Waals surface area (Å²) in [5, 5.41) is 10.5. The molecule has 0 saturated carbocycles. The zero-order chi connectivity index (χ0) is 19.2. The fourth-order valence-corrected chi connectivity index (χ4v) is 2.56. The van der Waals surface area contributed by atoms with E-state index in [9.17, 15) is 13.2 Å². The third-order valence-corrected chi connectivity index (χ3v) is 4.09. The van der Waals surface area contributed by atoms with E-state index in [0.29, 0.717) is 31.0 Å². The lowest BCUT2D eigenvalue weighted by molar-refractivity contribution is -0.137. The Hall–Kier alpha value is -1.78. The molecule has 150 valence electrons. The van der Waals surface area contributed by atoms with Crippen molar-refractivity contribution in [3.63, 3.8) is 0 Å². The maximum atomic E-state index is 12.8. The van der Waals surface area contributed by atoms with Crippen LogP contribution in [0.25, 0.3) is 0 Å². The van der Waals surface area contributed by atoms with Gasteiger partial charge in [-0.05, 0) is 24.0 Å². The van der Waals surface area contributed by atoms with Crippen LogP contribution < -0.4 is 10.6 Å². The molecule has 1 atom stereocenters. The maximum Gasteiger partial charge on any atom is 0.416 e. The number of nitrogens with one attached hydrogen (secondary N) is 2. The number of rotatable bonds is 6. The molecule has 2 N–H and O–H groups in total. The lowest BCUT2D eigenvalue weighted by Gasteiger charge is -2.16. The minimum absolute atomic E-state index is 0. The van der Waals surface area contributed by atoms with Crippen LogP contribution in [-0.4, -0.2) is 29.3 Å². The highest BCUT2D eigenvalue weighted by Gasteiger charge is 2.30. The summed E-state index contributed by atoms with van der Waals surface area (Å²) in [6.07, 6.45) is 0.0626. The van der Waals surface area contributed by atoms with E-state index in [1.54, 1.807) is 24.0 Å². The lowest BCUT2D eigenvalue weighted by atomic mass is 9.96. The molecule has 0 bridgehead atoms. The number of aliphatic imine (C=N–C) groups is 1. The molecule has 1 aromatic heterocycles. The van der Waals surface area contributed by atoms with Gasteiger partial charge in [-0.3, -0.25) is 9.67 Å². The Bertz CT molecular complexity index is 743. The van der Waals surface area contributed by atoms with Gasteiger partial charge in [0.2, 0.25) is 0 Å². The van der Waals surface area contributed by atoms with Gasteiger partial charge in [0, 0.05) is 38.9 Å². The van der Waals surface area contributed by atoms with E-state index in [4.69, 9.17) is 0 Å². The number of hydrogen-bond donors (Lipinski definition) is 2. The summed E-state index contributed by atoms with van der Waals surface area (Å²) in [4.78, 5) is 4.14. The van der Waals surface area contributed by atoms with E-state index >= 15 is 0 Å². The molecule has 9 heteroatoms. The predicted molar refractivity (Wildman–Crippen MR) is 111 cm³/mol.